The van der Waals surface area contributed by atoms with Gasteiger partial charge in [0.25, 0.3) is 12.3 Å². The summed E-state index contributed by atoms with van der Waals surface area (Å²) in [6.07, 6.45) is 3.51. The molecule has 0 spiro atoms. The van der Waals surface area contributed by atoms with E-state index in [9.17, 15) is 27.9 Å². The number of hydrogen-bond donors (Lipinski definition) is 2. The van der Waals surface area contributed by atoms with Crippen molar-refractivity contribution in [1.29, 1.82) is 0 Å². The number of aromatic hydroxyl groups is 1. The third-order valence-corrected chi connectivity index (χ3v) is 7.86. The summed E-state index contributed by atoms with van der Waals surface area (Å²) in [6, 6.07) is 3.21. The van der Waals surface area contributed by atoms with Gasteiger partial charge in [0.15, 0.2) is 17.4 Å². The van der Waals surface area contributed by atoms with E-state index in [2.05, 4.69) is 25.4 Å². The number of benzene rings is 1. The van der Waals surface area contributed by atoms with Gasteiger partial charge in [0.2, 0.25) is 5.91 Å². The molecular weight excluding hydrogens is 575 g/mol. The quantitative estimate of drug-likeness (QED) is 0.295. The largest absolute Gasteiger partial charge is 0.504 e. The number of nitrogens with zero attached hydrogens (tertiary/aromatic N) is 6. The van der Waals surface area contributed by atoms with Crippen LogP contribution < -0.4 is 10.2 Å². The minimum Gasteiger partial charge on any atom is -0.504 e. The van der Waals surface area contributed by atoms with Crippen LogP contribution in [0.2, 0.25) is 5.02 Å². The number of fused-ring (bicyclic) bond motifs is 1. The molecule has 0 bridgehead atoms. The highest BCUT2D eigenvalue weighted by molar-refractivity contribution is 6.31. The van der Waals surface area contributed by atoms with Crippen molar-refractivity contribution in [2.45, 2.75) is 32.7 Å². The Hall–Kier alpha value is -4.52. The van der Waals surface area contributed by atoms with Gasteiger partial charge in [-0.15, -0.1) is 0 Å². The number of amides is 2. The number of hydrogen-bond acceptors (Lipinski definition) is 7. The van der Waals surface area contributed by atoms with E-state index in [-0.39, 0.29) is 51.5 Å². The normalized spacial score (nSPS) is 18.4. The molecule has 4 heterocycles. The number of carbonyl (C=O) groups excluding carboxylic acids is 2. The molecule has 6 rings (SSSR count). The lowest BCUT2D eigenvalue weighted by Crippen LogP contribution is -2.28. The van der Waals surface area contributed by atoms with Crippen LogP contribution in [-0.2, 0) is 4.79 Å². The molecule has 3 atom stereocenters. The van der Waals surface area contributed by atoms with Crippen LogP contribution >= 0.6 is 11.6 Å². The summed E-state index contributed by atoms with van der Waals surface area (Å²) in [7, 11) is 0. The predicted molar refractivity (Wildman–Crippen MR) is 146 cm³/mol. The second-order valence-corrected chi connectivity index (χ2v) is 10.7. The van der Waals surface area contributed by atoms with Crippen LogP contribution in [0.3, 0.4) is 0 Å². The molecule has 1 aromatic carbocycles. The van der Waals surface area contributed by atoms with Crippen LogP contribution in [0.4, 0.5) is 24.7 Å². The fourth-order valence-corrected chi connectivity index (χ4v) is 5.31. The second kappa shape index (κ2) is 10.4. The monoisotopic (exact) mass is 597 g/mol. The van der Waals surface area contributed by atoms with Gasteiger partial charge in [-0.05, 0) is 43.9 Å². The molecule has 10 nitrogen and oxygen atoms in total. The number of anilines is 2. The van der Waals surface area contributed by atoms with Gasteiger partial charge in [-0.3, -0.25) is 19.2 Å². The number of aryl methyl sites for hydroxylation is 1. The van der Waals surface area contributed by atoms with Crippen molar-refractivity contribution in [3.8, 4) is 17.0 Å². The highest BCUT2D eigenvalue weighted by Crippen LogP contribution is 2.48. The smallest absolute Gasteiger partial charge is 0.276 e. The zero-order valence-corrected chi connectivity index (χ0v) is 23.0. The second-order valence-electron chi connectivity index (χ2n) is 10.3. The standard InChI is InChI=1S/C28H23ClF3N7O3/c1-12-24(33-9-20(36-12)22-17(25(31)32)3-4-19(29)23(22)30)27(41)37-16-8-35-39(11-16)13(2)14-6-21(40)26(34-7-14)38-10-15-5-18(15)28(38)42/h3-4,6-9,11,13,15,18,25,40H,5,10H2,1-2H3,(H,37,41)/t13-,15-,18-/m1/s1. The average Bonchev–Trinajstić information content (AvgIpc) is 3.45. The topological polar surface area (TPSA) is 126 Å². The Balaban J connectivity index is 1.17. The summed E-state index contributed by atoms with van der Waals surface area (Å²) < 4.78 is 43.2. The van der Waals surface area contributed by atoms with Crippen LogP contribution in [0.15, 0.2) is 43.0 Å². The van der Waals surface area contributed by atoms with Gasteiger partial charge < -0.3 is 10.4 Å². The minimum atomic E-state index is -2.98. The van der Waals surface area contributed by atoms with Crippen molar-refractivity contribution < 1.29 is 27.9 Å². The Labute approximate surface area is 242 Å². The summed E-state index contributed by atoms with van der Waals surface area (Å²) in [5, 5.41) is 17.2. The molecule has 42 heavy (non-hydrogen) atoms. The first kappa shape index (κ1) is 27.6. The summed E-state index contributed by atoms with van der Waals surface area (Å²) in [6.45, 7) is 3.83. The summed E-state index contributed by atoms with van der Waals surface area (Å²) in [5.41, 5.74) is -0.317. The minimum absolute atomic E-state index is 0.0137. The van der Waals surface area contributed by atoms with Crippen molar-refractivity contribution in [1.82, 2.24) is 24.7 Å². The van der Waals surface area contributed by atoms with Crippen molar-refractivity contribution in [3.63, 3.8) is 0 Å². The molecule has 4 aromatic rings. The third kappa shape index (κ3) is 4.83. The maximum absolute atomic E-state index is 14.7. The maximum atomic E-state index is 14.7. The Kier molecular flexibility index (Phi) is 6.84. The maximum Gasteiger partial charge on any atom is 0.276 e. The summed E-state index contributed by atoms with van der Waals surface area (Å²) in [4.78, 5) is 39.4. The molecule has 14 heteroatoms. The molecule has 216 valence electrons. The van der Waals surface area contributed by atoms with Crippen LogP contribution in [-0.4, -0.2) is 48.2 Å². The van der Waals surface area contributed by atoms with Gasteiger partial charge in [-0.25, -0.2) is 28.1 Å². The first-order valence-electron chi connectivity index (χ1n) is 13.0. The average molecular weight is 598 g/mol. The van der Waals surface area contributed by atoms with Crippen LogP contribution in [0.25, 0.3) is 11.3 Å². The van der Waals surface area contributed by atoms with Crippen molar-refractivity contribution in [3.05, 3.63) is 76.3 Å². The Bertz CT molecular complexity index is 1750. The molecule has 2 fully saturated rings. The number of halogens is 4. The molecule has 0 radical (unpaired) electrons. The first-order chi connectivity index (χ1) is 20.0. The molecule has 2 amide bonds. The van der Waals surface area contributed by atoms with Gasteiger partial charge in [0.1, 0.15) is 5.69 Å². The van der Waals surface area contributed by atoms with E-state index < -0.39 is 29.3 Å². The molecule has 2 N–H and O–H groups in total. The lowest BCUT2D eigenvalue weighted by Gasteiger charge is -2.20. The lowest BCUT2D eigenvalue weighted by atomic mass is 10.0. The van der Waals surface area contributed by atoms with E-state index >= 15 is 0 Å². The molecule has 3 aromatic heterocycles. The van der Waals surface area contributed by atoms with Crippen LogP contribution in [0, 0.1) is 24.6 Å². The molecule has 1 saturated carbocycles. The molecule has 2 aliphatic rings. The Morgan fingerprint density at radius 2 is 2.00 bits per heavy atom. The Morgan fingerprint density at radius 1 is 1.21 bits per heavy atom. The zero-order chi connectivity index (χ0) is 29.9. The van der Waals surface area contributed by atoms with Crippen molar-refractivity contribution in [2.75, 3.05) is 16.8 Å². The van der Waals surface area contributed by atoms with Crippen LogP contribution in [0.1, 0.15) is 53.1 Å². The molecule has 1 saturated heterocycles. The first-order valence-corrected chi connectivity index (χ1v) is 13.4. The van der Waals surface area contributed by atoms with Gasteiger partial charge in [-0.2, -0.15) is 5.10 Å². The number of alkyl halides is 2. The predicted octanol–water partition coefficient (Wildman–Crippen LogP) is 5.32. The van der Waals surface area contributed by atoms with E-state index in [1.165, 1.54) is 24.1 Å². The van der Waals surface area contributed by atoms with E-state index in [1.54, 1.807) is 17.1 Å². The molecular formula is C28H23ClF3N7O3. The van der Waals surface area contributed by atoms with Gasteiger partial charge in [0, 0.05) is 36.0 Å². The number of nitrogens with one attached hydrogen (secondary N) is 1. The fraction of sp³-hybridized carbons (Fsp3) is 0.286. The number of piperidine rings is 1. The van der Waals surface area contributed by atoms with E-state index in [0.717, 1.165) is 24.8 Å². The SMILES string of the molecule is Cc1nc(-c2c(C(F)F)ccc(Cl)c2F)cnc1C(=O)Nc1cnn([C@H](C)c2cnc(N3C[C@H]4C[C@H]4C3=O)c(O)c2)c1. The fourth-order valence-electron chi connectivity index (χ4n) is 5.16. The number of aromatic nitrogens is 5. The number of rotatable bonds is 7. The van der Waals surface area contributed by atoms with Crippen molar-refractivity contribution in [2.24, 2.45) is 11.8 Å². The number of carbonyl (C=O) groups is 2. The van der Waals surface area contributed by atoms with Crippen molar-refractivity contribution >= 4 is 34.9 Å². The highest BCUT2D eigenvalue weighted by Gasteiger charge is 2.53. The summed E-state index contributed by atoms with van der Waals surface area (Å²) >= 11 is 5.80. The Morgan fingerprint density at radius 3 is 2.67 bits per heavy atom. The molecule has 1 aliphatic heterocycles. The summed E-state index contributed by atoms with van der Waals surface area (Å²) in [5.74, 6) is -1.20. The zero-order valence-electron chi connectivity index (χ0n) is 22.2. The van der Waals surface area contributed by atoms with Gasteiger partial charge >= 0.3 is 0 Å². The van der Waals surface area contributed by atoms with E-state index in [4.69, 9.17) is 11.6 Å². The number of pyridine rings is 1. The van der Waals surface area contributed by atoms with E-state index in [0.29, 0.717) is 23.7 Å². The highest BCUT2D eigenvalue weighted by atomic mass is 35.5. The molecule has 0 unspecified atom stereocenters. The third-order valence-electron chi connectivity index (χ3n) is 7.57. The van der Waals surface area contributed by atoms with Gasteiger partial charge in [0.05, 0.1) is 40.5 Å². The van der Waals surface area contributed by atoms with E-state index in [1.807, 2.05) is 6.92 Å². The van der Waals surface area contributed by atoms with Gasteiger partial charge in [-0.1, -0.05) is 17.7 Å². The van der Waals surface area contributed by atoms with Crippen LogP contribution in [0.5, 0.6) is 5.75 Å². The lowest BCUT2D eigenvalue weighted by molar-refractivity contribution is -0.118. The molecule has 1 aliphatic carbocycles.